The summed E-state index contributed by atoms with van der Waals surface area (Å²) in [6.07, 6.45) is 0. The Morgan fingerprint density at radius 1 is 1.27 bits per heavy atom. The number of morpholine rings is 1. The fourth-order valence-electron chi connectivity index (χ4n) is 2.79. The zero-order valence-electron chi connectivity index (χ0n) is 13.3. The molecule has 3 rings (SSSR count). The Bertz CT molecular complexity index is 639. The summed E-state index contributed by atoms with van der Waals surface area (Å²) in [5.41, 5.74) is 3.11. The summed E-state index contributed by atoms with van der Waals surface area (Å²) in [7, 11) is 1.68. The Morgan fingerprint density at radius 3 is 2.86 bits per heavy atom. The van der Waals surface area contributed by atoms with E-state index < -0.39 is 0 Å². The number of benzene rings is 1. The van der Waals surface area contributed by atoms with Gasteiger partial charge in [0.15, 0.2) is 0 Å². The summed E-state index contributed by atoms with van der Waals surface area (Å²) in [6, 6.07) is 8.13. The van der Waals surface area contributed by atoms with Crippen molar-refractivity contribution in [3.05, 3.63) is 30.0 Å². The molecule has 1 aliphatic rings. The third-order valence-electron chi connectivity index (χ3n) is 3.99. The first-order valence-corrected chi connectivity index (χ1v) is 7.75. The number of hydrogen-bond acceptors (Lipinski definition) is 5. The number of nitrogens with one attached hydrogen (secondary N) is 1. The SMILES string of the molecule is COc1ccc2c(NCCN3CCOCC3)cc(C)nc2c1. The molecule has 2 heterocycles. The number of rotatable bonds is 5. The van der Waals surface area contributed by atoms with Crippen LogP contribution in [0.5, 0.6) is 5.75 Å². The number of nitrogens with zero attached hydrogens (tertiary/aromatic N) is 2. The van der Waals surface area contributed by atoms with Crippen LogP contribution in [0.1, 0.15) is 5.69 Å². The van der Waals surface area contributed by atoms with E-state index in [1.165, 1.54) is 0 Å². The van der Waals surface area contributed by atoms with Gasteiger partial charge in [-0.05, 0) is 25.1 Å². The smallest absolute Gasteiger partial charge is 0.121 e. The Morgan fingerprint density at radius 2 is 2.09 bits per heavy atom. The molecule has 5 heteroatoms. The van der Waals surface area contributed by atoms with Crippen LogP contribution < -0.4 is 10.1 Å². The van der Waals surface area contributed by atoms with Crippen LogP contribution in [0, 0.1) is 6.92 Å². The van der Waals surface area contributed by atoms with Crippen LogP contribution in [0.15, 0.2) is 24.3 Å². The van der Waals surface area contributed by atoms with E-state index in [0.29, 0.717) is 0 Å². The highest BCUT2D eigenvalue weighted by atomic mass is 16.5. The number of pyridine rings is 1. The quantitative estimate of drug-likeness (QED) is 0.918. The molecule has 0 atom stereocenters. The van der Waals surface area contributed by atoms with Gasteiger partial charge in [0.05, 0.1) is 25.8 Å². The highest BCUT2D eigenvalue weighted by Gasteiger charge is 2.10. The largest absolute Gasteiger partial charge is 0.497 e. The third-order valence-corrected chi connectivity index (χ3v) is 3.99. The molecular formula is C17H23N3O2. The highest BCUT2D eigenvalue weighted by molar-refractivity contribution is 5.92. The zero-order valence-corrected chi connectivity index (χ0v) is 13.3. The van der Waals surface area contributed by atoms with Crippen molar-refractivity contribution in [1.29, 1.82) is 0 Å². The van der Waals surface area contributed by atoms with Crippen LogP contribution in [0.25, 0.3) is 10.9 Å². The van der Waals surface area contributed by atoms with E-state index in [-0.39, 0.29) is 0 Å². The van der Waals surface area contributed by atoms with Crippen molar-refractivity contribution in [1.82, 2.24) is 9.88 Å². The van der Waals surface area contributed by atoms with E-state index in [1.807, 2.05) is 19.1 Å². The highest BCUT2D eigenvalue weighted by Crippen LogP contribution is 2.26. The third kappa shape index (κ3) is 3.48. The first kappa shape index (κ1) is 15.1. The Hall–Kier alpha value is -1.85. The fourth-order valence-corrected chi connectivity index (χ4v) is 2.79. The van der Waals surface area contributed by atoms with E-state index in [0.717, 1.165) is 67.4 Å². The van der Waals surface area contributed by atoms with E-state index in [2.05, 4.69) is 27.3 Å². The number of ether oxygens (including phenoxy) is 2. The molecule has 1 aromatic carbocycles. The molecule has 1 aliphatic heterocycles. The molecule has 1 aromatic heterocycles. The van der Waals surface area contributed by atoms with Crippen molar-refractivity contribution < 1.29 is 9.47 Å². The van der Waals surface area contributed by atoms with Crippen molar-refractivity contribution in [2.24, 2.45) is 0 Å². The number of fused-ring (bicyclic) bond motifs is 1. The van der Waals surface area contributed by atoms with Crippen molar-refractivity contribution in [2.75, 3.05) is 51.8 Å². The van der Waals surface area contributed by atoms with Crippen molar-refractivity contribution in [3.8, 4) is 5.75 Å². The van der Waals surface area contributed by atoms with E-state index in [1.54, 1.807) is 7.11 Å². The number of aromatic nitrogens is 1. The fraction of sp³-hybridized carbons (Fsp3) is 0.471. The molecule has 0 radical (unpaired) electrons. The van der Waals surface area contributed by atoms with Gasteiger partial charge in [-0.15, -0.1) is 0 Å². The second-order valence-corrected chi connectivity index (χ2v) is 5.58. The molecule has 0 amide bonds. The van der Waals surface area contributed by atoms with Crippen LogP contribution in [0.2, 0.25) is 0 Å². The maximum atomic E-state index is 5.38. The summed E-state index contributed by atoms with van der Waals surface area (Å²) >= 11 is 0. The van der Waals surface area contributed by atoms with Gasteiger partial charge in [0.2, 0.25) is 0 Å². The number of methoxy groups -OCH3 is 1. The first-order valence-electron chi connectivity index (χ1n) is 7.75. The number of aryl methyl sites for hydroxylation is 1. The van der Waals surface area contributed by atoms with Gasteiger partial charge < -0.3 is 14.8 Å². The van der Waals surface area contributed by atoms with E-state index >= 15 is 0 Å². The molecule has 5 nitrogen and oxygen atoms in total. The maximum Gasteiger partial charge on any atom is 0.121 e. The number of hydrogen-bond donors (Lipinski definition) is 1. The average Bonchev–Trinajstić information content (AvgIpc) is 2.55. The minimum absolute atomic E-state index is 0.838. The molecule has 0 spiro atoms. The van der Waals surface area contributed by atoms with Crippen LogP contribution in [0.4, 0.5) is 5.69 Å². The predicted octanol–water partition coefficient (Wildman–Crippen LogP) is 2.30. The minimum Gasteiger partial charge on any atom is -0.497 e. The molecule has 22 heavy (non-hydrogen) atoms. The molecule has 2 aromatic rings. The lowest BCUT2D eigenvalue weighted by atomic mass is 10.1. The van der Waals surface area contributed by atoms with Crippen LogP contribution in [-0.2, 0) is 4.74 Å². The molecule has 1 N–H and O–H groups in total. The van der Waals surface area contributed by atoms with Gasteiger partial charge in [0.25, 0.3) is 0 Å². The van der Waals surface area contributed by atoms with E-state index in [9.17, 15) is 0 Å². The molecule has 1 fully saturated rings. The maximum absolute atomic E-state index is 5.38. The first-order chi connectivity index (χ1) is 10.8. The molecule has 0 saturated carbocycles. The summed E-state index contributed by atoms with van der Waals surface area (Å²) in [4.78, 5) is 7.02. The second kappa shape index (κ2) is 6.94. The predicted molar refractivity (Wildman–Crippen MR) is 88.8 cm³/mol. The lowest BCUT2D eigenvalue weighted by Gasteiger charge is -2.26. The summed E-state index contributed by atoms with van der Waals surface area (Å²) in [6.45, 7) is 7.71. The Kier molecular flexibility index (Phi) is 4.75. The molecular weight excluding hydrogens is 278 g/mol. The lowest BCUT2D eigenvalue weighted by Crippen LogP contribution is -2.39. The van der Waals surface area contributed by atoms with Gasteiger partial charge in [0.1, 0.15) is 5.75 Å². The zero-order chi connectivity index (χ0) is 15.4. The summed E-state index contributed by atoms with van der Waals surface area (Å²) in [5.74, 6) is 0.838. The van der Waals surface area contributed by atoms with Gasteiger partial charge in [-0.1, -0.05) is 0 Å². The summed E-state index contributed by atoms with van der Waals surface area (Å²) in [5, 5.41) is 4.68. The molecule has 0 unspecified atom stereocenters. The monoisotopic (exact) mass is 301 g/mol. The molecule has 0 bridgehead atoms. The van der Waals surface area contributed by atoms with Gasteiger partial charge in [-0.2, -0.15) is 0 Å². The minimum atomic E-state index is 0.838. The van der Waals surface area contributed by atoms with Crippen LogP contribution in [0.3, 0.4) is 0 Å². The Balaban J connectivity index is 1.72. The molecule has 0 aliphatic carbocycles. The normalized spacial score (nSPS) is 15.9. The van der Waals surface area contributed by atoms with Crippen molar-refractivity contribution in [3.63, 3.8) is 0 Å². The van der Waals surface area contributed by atoms with Gasteiger partial charge in [-0.3, -0.25) is 9.88 Å². The van der Waals surface area contributed by atoms with Crippen LogP contribution in [-0.4, -0.2) is 56.4 Å². The van der Waals surface area contributed by atoms with Gasteiger partial charge in [0, 0.05) is 49.0 Å². The van der Waals surface area contributed by atoms with Gasteiger partial charge >= 0.3 is 0 Å². The molecule has 118 valence electrons. The lowest BCUT2D eigenvalue weighted by molar-refractivity contribution is 0.0398. The average molecular weight is 301 g/mol. The number of anilines is 1. The van der Waals surface area contributed by atoms with Crippen molar-refractivity contribution >= 4 is 16.6 Å². The van der Waals surface area contributed by atoms with Gasteiger partial charge in [-0.25, -0.2) is 0 Å². The Labute approximate surface area is 131 Å². The standard InChI is InChI=1S/C17H23N3O2/c1-13-11-16(18-5-6-20-7-9-22-10-8-20)15-4-3-14(21-2)12-17(15)19-13/h3-4,11-12H,5-10H2,1-2H3,(H,18,19). The van der Waals surface area contributed by atoms with Crippen molar-refractivity contribution in [2.45, 2.75) is 6.92 Å². The second-order valence-electron chi connectivity index (χ2n) is 5.58. The van der Waals surface area contributed by atoms with E-state index in [4.69, 9.17) is 9.47 Å². The van der Waals surface area contributed by atoms with Crippen LogP contribution >= 0.6 is 0 Å². The topological polar surface area (TPSA) is 46.6 Å². The molecule has 1 saturated heterocycles. The summed E-state index contributed by atoms with van der Waals surface area (Å²) < 4.78 is 10.7.